The standard InChI is InChI=1S/C28H23NO8/c1-13(30)22-18(32)11-21-28(2,26(22)34)24-19(33)10-20(36-3)23(25(24)37-21)27(35)29-12-16-15-7-5-4-6-14(15)8-9-17(16)31/h4-11,22,31,33H,12H2,1-3H3,(H,29,35)/t22?,28-/m1/s1. The highest BCUT2D eigenvalue weighted by Crippen LogP contribution is 2.56. The summed E-state index contributed by atoms with van der Waals surface area (Å²) in [6, 6.07) is 11.9. The fraction of sp³-hybridized carbons (Fsp3) is 0.214. The van der Waals surface area contributed by atoms with Crippen LogP contribution < -0.4 is 14.8 Å². The molecule has 1 heterocycles. The lowest BCUT2D eigenvalue weighted by Gasteiger charge is -2.30. The number of carbonyl (C=O) groups excluding carboxylic acids is 4. The molecule has 188 valence electrons. The largest absolute Gasteiger partial charge is 0.508 e. The summed E-state index contributed by atoms with van der Waals surface area (Å²) in [5.74, 6) is -4.92. The fourth-order valence-corrected chi connectivity index (χ4v) is 5.12. The molecule has 2 aliphatic rings. The number of methoxy groups -OCH3 is 1. The molecule has 3 N–H and O–H groups in total. The molecule has 3 aromatic rings. The summed E-state index contributed by atoms with van der Waals surface area (Å²) in [7, 11) is 1.30. The first-order valence-electron chi connectivity index (χ1n) is 11.5. The molecule has 0 radical (unpaired) electrons. The van der Waals surface area contributed by atoms with Gasteiger partial charge in [0.15, 0.2) is 17.3 Å². The summed E-state index contributed by atoms with van der Waals surface area (Å²) < 4.78 is 11.2. The van der Waals surface area contributed by atoms with Crippen molar-refractivity contribution in [3.05, 3.63) is 71.0 Å². The van der Waals surface area contributed by atoms with Crippen molar-refractivity contribution in [2.75, 3.05) is 7.11 Å². The molecule has 0 spiro atoms. The lowest BCUT2D eigenvalue weighted by atomic mass is 9.67. The zero-order valence-electron chi connectivity index (χ0n) is 20.2. The number of hydrogen-bond donors (Lipinski definition) is 3. The Hall–Kier alpha value is -4.66. The molecule has 1 aliphatic carbocycles. The fourth-order valence-electron chi connectivity index (χ4n) is 5.12. The summed E-state index contributed by atoms with van der Waals surface area (Å²) in [5, 5.41) is 25.7. The average molecular weight is 501 g/mol. The van der Waals surface area contributed by atoms with Gasteiger partial charge < -0.3 is 25.0 Å². The molecule has 1 aliphatic heterocycles. The zero-order valence-corrected chi connectivity index (χ0v) is 20.2. The lowest BCUT2D eigenvalue weighted by Crippen LogP contribution is -2.47. The van der Waals surface area contributed by atoms with Crippen molar-refractivity contribution in [2.24, 2.45) is 5.92 Å². The van der Waals surface area contributed by atoms with Gasteiger partial charge in [-0.2, -0.15) is 0 Å². The van der Waals surface area contributed by atoms with Crippen LogP contribution in [0.15, 0.2) is 54.3 Å². The first-order chi connectivity index (χ1) is 17.6. The van der Waals surface area contributed by atoms with Crippen LogP contribution in [0.5, 0.6) is 23.0 Å². The van der Waals surface area contributed by atoms with Crippen LogP contribution in [0.1, 0.15) is 35.3 Å². The SMILES string of the molecule is COc1cc(O)c2c(c1C(=O)NCc1c(O)ccc3ccccc13)OC1=CC(=O)C(C(C)=O)C(=O)[C@]12C. The van der Waals surface area contributed by atoms with Crippen LogP contribution in [-0.2, 0) is 26.3 Å². The van der Waals surface area contributed by atoms with Crippen molar-refractivity contribution >= 4 is 34.0 Å². The molecular weight excluding hydrogens is 478 g/mol. The third-order valence-corrected chi connectivity index (χ3v) is 7.04. The molecule has 9 nitrogen and oxygen atoms in total. The molecule has 0 fully saturated rings. The Bertz CT molecular complexity index is 1570. The van der Waals surface area contributed by atoms with Gasteiger partial charge in [-0.15, -0.1) is 0 Å². The number of amides is 1. The molecular formula is C28H23NO8. The molecule has 5 rings (SSSR count). The van der Waals surface area contributed by atoms with Crippen LogP contribution >= 0.6 is 0 Å². The number of ether oxygens (including phenoxy) is 2. The normalized spacial score (nSPS) is 20.1. The topological polar surface area (TPSA) is 139 Å². The zero-order chi connectivity index (χ0) is 26.6. The van der Waals surface area contributed by atoms with E-state index in [2.05, 4.69) is 5.32 Å². The first-order valence-corrected chi connectivity index (χ1v) is 11.5. The van der Waals surface area contributed by atoms with Gasteiger partial charge in [-0.3, -0.25) is 19.2 Å². The smallest absolute Gasteiger partial charge is 0.259 e. The summed E-state index contributed by atoms with van der Waals surface area (Å²) in [6.07, 6.45) is 1.06. The second-order valence-electron chi connectivity index (χ2n) is 9.19. The van der Waals surface area contributed by atoms with Gasteiger partial charge in [0.25, 0.3) is 5.91 Å². The Morgan fingerprint density at radius 1 is 1.11 bits per heavy atom. The molecule has 9 heteroatoms. The van der Waals surface area contributed by atoms with Crippen LogP contribution in [0.2, 0.25) is 0 Å². The minimum atomic E-state index is -1.65. The molecule has 0 saturated carbocycles. The maximum absolute atomic E-state index is 13.5. The number of aromatic hydroxyl groups is 2. The van der Waals surface area contributed by atoms with Gasteiger partial charge in [-0.1, -0.05) is 30.3 Å². The summed E-state index contributed by atoms with van der Waals surface area (Å²) in [4.78, 5) is 51.5. The first kappa shape index (κ1) is 24.1. The number of carbonyl (C=O) groups is 4. The number of phenols is 2. The second kappa shape index (κ2) is 8.48. The highest BCUT2D eigenvalue weighted by atomic mass is 16.5. The van der Waals surface area contributed by atoms with E-state index in [-0.39, 0.29) is 46.4 Å². The van der Waals surface area contributed by atoms with Gasteiger partial charge in [-0.25, -0.2) is 0 Å². The Kier molecular flexibility index (Phi) is 5.51. The molecule has 3 aromatic carbocycles. The van der Waals surface area contributed by atoms with E-state index >= 15 is 0 Å². The molecule has 2 atom stereocenters. The van der Waals surface area contributed by atoms with E-state index in [1.807, 2.05) is 24.3 Å². The number of allylic oxidation sites excluding steroid dienone is 2. The second-order valence-corrected chi connectivity index (χ2v) is 9.19. The maximum Gasteiger partial charge on any atom is 0.259 e. The maximum atomic E-state index is 13.5. The van der Waals surface area contributed by atoms with Crippen molar-refractivity contribution in [3.63, 3.8) is 0 Å². The van der Waals surface area contributed by atoms with E-state index in [0.29, 0.717) is 5.56 Å². The third-order valence-electron chi connectivity index (χ3n) is 7.04. The highest BCUT2D eigenvalue weighted by Gasteiger charge is 2.58. The number of Topliss-reactive ketones (excluding diaryl/α,β-unsaturated/α-hetero) is 2. The highest BCUT2D eigenvalue weighted by molar-refractivity contribution is 6.27. The van der Waals surface area contributed by atoms with Crippen molar-refractivity contribution in [3.8, 4) is 23.0 Å². The number of benzene rings is 3. The average Bonchev–Trinajstić information content (AvgIpc) is 3.16. The summed E-state index contributed by atoms with van der Waals surface area (Å²) in [5.41, 5.74) is -1.29. The quantitative estimate of drug-likeness (QED) is 0.454. The van der Waals surface area contributed by atoms with Gasteiger partial charge >= 0.3 is 0 Å². The summed E-state index contributed by atoms with van der Waals surface area (Å²) >= 11 is 0. The lowest BCUT2D eigenvalue weighted by molar-refractivity contribution is -0.140. The van der Waals surface area contributed by atoms with Gasteiger partial charge in [0.1, 0.15) is 45.7 Å². The molecule has 0 aromatic heterocycles. The molecule has 1 amide bonds. The minimum absolute atomic E-state index is 0.00113. The molecule has 0 bridgehead atoms. The van der Waals surface area contributed by atoms with Crippen molar-refractivity contribution in [1.29, 1.82) is 0 Å². The number of hydrogen-bond acceptors (Lipinski definition) is 8. The third kappa shape index (κ3) is 3.46. The number of nitrogens with one attached hydrogen (secondary N) is 1. The van der Waals surface area contributed by atoms with E-state index in [1.54, 1.807) is 6.07 Å². The Labute approximate surface area is 211 Å². The van der Waals surface area contributed by atoms with Gasteiger partial charge in [0, 0.05) is 24.3 Å². The van der Waals surface area contributed by atoms with E-state index in [1.165, 1.54) is 26.2 Å². The Morgan fingerprint density at radius 3 is 2.54 bits per heavy atom. The molecule has 0 saturated heterocycles. The van der Waals surface area contributed by atoms with Crippen LogP contribution in [0.25, 0.3) is 10.8 Å². The number of rotatable bonds is 5. The monoisotopic (exact) mass is 501 g/mol. The van der Waals surface area contributed by atoms with Crippen LogP contribution in [0, 0.1) is 5.92 Å². The van der Waals surface area contributed by atoms with Crippen molar-refractivity contribution < 1.29 is 38.9 Å². The summed E-state index contributed by atoms with van der Waals surface area (Å²) in [6.45, 7) is 2.54. The molecule has 1 unspecified atom stereocenters. The predicted octanol–water partition coefficient (Wildman–Crippen LogP) is 3.08. The van der Waals surface area contributed by atoms with Crippen LogP contribution in [-0.4, -0.2) is 40.6 Å². The van der Waals surface area contributed by atoms with E-state index in [4.69, 9.17) is 9.47 Å². The van der Waals surface area contributed by atoms with E-state index in [0.717, 1.165) is 23.8 Å². The number of phenolic OH excluding ortho intramolecular Hbond substituents is 2. The van der Waals surface area contributed by atoms with Crippen molar-refractivity contribution in [1.82, 2.24) is 5.32 Å². The van der Waals surface area contributed by atoms with Crippen molar-refractivity contribution in [2.45, 2.75) is 25.8 Å². The molecule has 37 heavy (non-hydrogen) atoms. The minimum Gasteiger partial charge on any atom is -0.508 e. The van der Waals surface area contributed by atoms with Crippen LogP contribution in [0.4, 0.5) is 0 Å². The van der Waals surface area contributed by atoms with E-state index < -0.39 is 34.6 Å². The van der Waals surface area contributed by atoms with Crippen LogP contribution in [0.3, 0.4) is 0 Å². The predicted molar refractivity (Wildman–Crippen MR) is 132 cm³/mol. The van der Waals surface area contributed by atoms with Gasteiger partial charge in [0.2, 0.25) is 0 Å². The van der Waals surface area contributed by atoms with Gasteiger partial charge in [-0.05, 0) is 30.7 Å². The number of ketones is 3. The number of fused-ring (bicyclic) bond motifs is 4. The van der Waals surface area contributed by atoms with Gasteiger partial charge in [0.05, 0.1) is 12.7 Å². The van der Waals surface area contributed by atoms with E-state index in [9.17, 15) is 29.4 Å². The Morgan fingerprint density at radius 2 is 1.84 bits per heavy atom. The Balaban J connectivity index is 1.59.